The summed E-state index contributed by atoms with van der Waals surface area (Å²) in [5.74, 6) is 1.87. The molecule has 0 amide bonds. The fourth-order valence-corrected chi connectivity index (χ4v) is 3.34. The first-order valence-corrected chi connectivity index (χ1v) is 7.53. The van der Waals surface area contributed by atoms with Gasteiger partial charge in [0.15, 0.2) is 0 Å². The van der Waals surface area contributed by atoms with Crippen LogP contribution in [-0.4, -0.2) is 16.8 Å². The van der Waals surface area contributed by atoms with Crippen molar-refractivity contribution < 1.29 is 0 Å². The highest BCUT2D eigenvalue weighted by Gasteiger charge is 2.23. The molecule has 2 rings (SSSR count). The molecule has 1 aromatic heterocycles. The highest BCUT2D eigenvalue weighted by atomic mass is 79.9. The molecule has 0 aromatic carbocycles. The standard InChI is InChI=1S/C12H17BrN2S/c13-10-4-5-12(15-8-10)16-7-6-9-2-1-3-11(9)14/h4-5,8-9,11H,1-3,6-7,14H2. The van der Waals surface area contributed by atoms with Gasteiger partial charge in [-0.25, -0.2) is 4.98 Å². The summed E-state index contributed by atoms with van der Waals surface area (Å²) < 4.78 is 1.04. The first-order valence-electron chi connectivity index (χ1n) is 5.75. The van der Waals surface area contributed by atoms with Gasteiger partial charge < -0.3 is 5.73 Å². The molecule has 1 aromatic rings. The van der Waals surface area contributed by atoms with Crippen LogP contribution in [0.15, 0.2) is 27.8 Å². The Kier molecular flexibility index (Phi) is 4.67. The van der Waals surface area contributed by atoms with Gasteiger partial charge in [-0.2, -0.15) is 0 Å². The van der Waals surface area contributed by atoms with E-state index >= 15 is 0 Å². The van der Waals surface area contributed by atoms with Crippen LogP contribution < -0.4 is 5.73 Å². The predicted molar refractivity (Wildman–Crippen MR) is 72.6 cm³/mol. The third kappa shape index (κ3) is 3.47. The quantitative estimate of drug-likeness (QED) is 0.866. The van der Waals surface area contributed by atoms with Crippen molar-refractivity contribution in [3.05, 3.63) is 22.8 Å². The highest BCUT2D eigenvalue weighted by molar-refractivity contribution is 9.10. The molecule has 2 nitrogen and oxygen atoms in total. The first-order chi connectivity index (χ1) is 7.75. The molecule has 88 valence electrons. The summed E-state index contributed by atoms with van der Waals surface area (Å²) in [6, 6.07) is 4.54. The molecule has 1 aliphatic rings. The number of aromatic nitrogens is 1. The summed E-state index contributed by atoms with van der Waals surface area (Å²) >= 11 is 5.22. The SMILES string of the molecule is NC1CCCC1CCSc1ccc(Br)cn1. The van der Waals surface area contributed by atoms with E-state index in [0.29, 0.717) is 6.04 Å². The van der Waals surface area contributed by atoms with Crippen LogP contribution in [0.25, 0.3) is 0 Å². The Bertz CT molecular complexity index is 328. The lowest BCUT2D eigenvalue weighted by Gasteiger charge is -2.14. The molecule has 1 heterocycles. The molecule has 1 saturated carbocycles. The van der Waals surface area contributed by atoms with Gasteiger partial charge in [0.1, 0.15) is 0 Å². The summed E-state index contributed by atoms with van der Waals surface area (Å²) in [7, 11) is 0. The summed E-state index contributed by atoms with van der Waals surface area (Å²) in [4.78, 5) is 4.35. The smallest absolute Gasteiger partial charge is 0.0960 e. The van der Waals surface area contributed by atoms with E-state index in [9.17, 15) is 0 Å². The molecule has 1 aliphatic carbocycles. The van der Waals surface area contributed by atoms with E-state index in [2.05, 4.69) is 27.0 Å². The highest BCUT2D eigenvalue weighted by Crippen LogP contribution is 2.29. The van der Waals surface area contributed by atoms with Gasteiger partial charge in [0.05, 0.1) is 5.03 Å². The van der Waals surface area contributed by atoms with Crippen molar-refractivity contribution in [1.82, 2.24) is 4.98 Å². The number of hydrogen-bond acceptors (Lipinski definition) is 3. The number of nitrogens with zero attached hydrogens (tertiary/aromatic N) is 1. The third-order valence-corrected chi connectivity index (χ3v) is 4.60. The molecule has 2 atom stereocenters. The average molecular weight is 301 g/mol. The van der Waals surface area contributed by atoms with Crippen LogP contribution in [0.2, 0.25) is 0 Å². The molecule has 0 aliphatic heterocycles. The van der Waals surface area contributed by atoms with Gasteiger partial charge in [-0.05, 0) is 59.0 Å². The molecule has 0 bridgehead atoms. The lowest BCUT2D eigenvalue weighted by Crippen LogP contribution is -2.24. The number of rotatable bonds is 4. The zero-order valence-electron chi connectivity index (χ0n) is 9.23. The number of thioether (sulfide) groups is 1. The van der Waals surface area contributed by atoms with Crippen LogP contribution >= 0.6 is 27.7 Å². The molecular formula is C12H17BrN2S. The van der Waals surface area contributed by atoms with Crippen molar-refractivity contribution in [2.24, 2.45) is 11.7 Å². The fourth-order valence-electron chi connectivity index (χ4n) is 2.19. The van der Waals surface area contributed by atoms with Gasteiger partial charge in [-0.1, -0.05) is 6.42 Å². The molecule has 4 heteroatoms. The minimum absolute atomic E-state index is 0.443. The summed E-state index contributed by atoms with van der Waals surface area (Å²) in [6.07, 6.45) is 6.92. The first kappa shape index (κ1) is 12.4. The van der Waals surface area contributed by atoms with Gasteiger partial charge >= 0.3 is 0 Å². The Hall–Kier alpha value is -0.0600. The summed E-state index contributed by atoms with van der Waals surface area (Å²) in [5.41, 5.74) is 6.05. The van der Waals surface area contributed by atoms with Gasteiger partial charge in [0, 0.05) is 16.7 Å². The minimum Gasteiger partial charge on any atom is -0.327 e. The van der Waals surface area contributed by atoms with Gasteiger partial charge in [-0.15, -0.1) is 11.8 Å². The number of nitrogens with two attached hydrogens (primary N) is 1. The van der Waals surface area contributed by atoms with Crippen LogP contribution in [0, 0.1) is 5.92 Å². The van der Waals surface area contributed by atoms with E-state index in [1.807, 2.05) is 24.0 Å². The van der Waals surface area contributed by atoms with Gasteiger partial charge in [0.2, 0.25) is 0 Å². The Morgan fingerprint density at radius 2 is 2.31 bits per heavy atom. The topological polar surface area (TPSA) is 38.9 Å². The van der Waals surface area contributed by atoms with Crippen LogP contribution in [0.3, 0.4) is 0 Å². The number of hydrogen-bond donors (Lipinski definition) is 1. The van der Waals surface area contributed by atoms with E-state index in [1.54, 1.807) is 0 Å². The van der Waals surface area contributed by atoms with Crippen molar-refractivity contribution in [1.29, 1.82) is 0 Å². The Morgan fingerprint density at radius 1 is 1.44 bits per heavy atom. The lowest BCUT2D eigenvalue weighted by molar-refractivity contribution is 0.470. The fraction of sp³-hybridized carbons (Fsp3) is 0.583. The number of halogens is 1. The molecule has 16 heavy (non-hydrogen) atoms. The monoisotopic (exact) mass is 300 g/mol. The maximum atomic E-state index is 6.05. The lowest BCUT2D eigenvalue weighted by atomic mass is 10.0. The van der Waals surface area contributed by atoms with Crippen molar-refractivity contribution in [2.75, 3.05) is 5.75 Å². The number of pyridine rings is 1. The zero-order valence-corrected chi connectivity index (χ0v) is 11.6. The van der Waals surface area contributed by atoms with E-state index in [-0.39, 0.29) is 0 Å². The summed E-state index contributed by atoms with van der Waals surface area (Å²) in [6.45, 7) is 0. The zero-order chi connectivity index (χ0) is 11.4. The molecule has 2 unspecified atom stereocenters. The van der Waals surface area contributed by atoms with Crippen LogP contribution in [-0.2, 0) is 0 Å². The minimum atomic E-state index is 0.443. The maximum absolute atomic E-state index is 6.05. The van der Waals surface area contributed by atoms with Crippen molar-refractivity contribution in [3.63, 3.8) is 0 Å². The largest absolute Gasteiger partial charge is 0.327 e. The normalized spacial score (nSPS) is 24.9. The molecule has 2 N–H and O–H groups in total. The van der Waals surface area contributed by atoms with Crippen LogP contribution in [0.4, 0.5) is 0 Å². The van der Waals surface area contributed by atoms with Crippen LogP contribution in [0.1, 0.15) is 25.7 Å². The second-order valence-electron chi connectivity index (χ2n) is 4.31. The predicted octanol–water partition coefficient (Wildman–Crippen LogP) is 3.45. The second-order valence-corrected chi connectivity index (χ2v) is 6.34. The van der Waals surface area contributed by atoms with Gasteiger partial charge in [-0.3, -0.25) is 0 Å². The Labute approximate surface area is 110 Å². The van der Waals surface area contributed by atoms with Crippen molar-refractivity contribution in [3.8, 4) is 0 Å². The van der Waals surface area contributed by atoms with Crippen LogP contribution in [0.5, 0.6) is 0 Å². The third-order valence-electron chi connectivity index (χ3n) is 3.16. The Morgan fingerprint density at radius 3 is 2.94 bits per heavy atom. The van der Waals surface area contributed by atoms with Gasteiger partial charge in [0.25, 0.3) is 0 Å². The van der Waals surface area contributed by atoms with E-state index in [1.165, 1.54) is 25.7 Å². The average Bonchev–Trinajstić information content (AvgIpc) is 2.68. The molecule has 0 spiro atoms. The van der Waals surface area contributed by atoms with E-state index in [0.717, 1.165) is 21.2 Å². The second kappa shape index (κ2) is 6.03. The molecule has 0 saturated heterocycles. The van der Waals surface area contributed by atoms with Crippen molar-refractivity contribution in [2.45, 2.75) is 36.8 Å². The van der Waals surface area contributed by atoms with E-state index in [4.69, 9.17) is 5.73 Å². The van der Waals surface area contributed by atoms with E-state index < -0.39 is 0 Å². The maximum Gasteiger partial charge on any atom is 0.0960 e. The molecular weight excluding hydrogens is 284 g/mol. The summed E-state index contributed by atoms with van der Waals surface area (Å²) in [5, 5.41) is 1.11. The molecule has 1 fully saturated rings. The van der Waals surface area contributed by atoms with Crippen molar-refractivity contribution >= 4 is 27.7 Å². The molecule has 0 radical (unpaired) electrons. The Balaban J connectivity index is 1.73.